The largest absolute Gasteiger partial charge is 0.491 e. The summed E-state index contributed by atoms with van der Waals surface area (Å²) >= 11 is 0. The first-order chi connectivity index (χ1) is 10.7. The van der Waals surface area contributed by atoms with Crippen LogP contribution in [0.3, 0.4) is 0 Å². The maximum absolute atomic E-state index is 9.21. The Bertz CT molecular complexity index is 538. The third-order valence-electron chi connectivity index (χ3n) is 3.37. The minimum absolute atomic E-state index is 0.272. The molecular formula is C18H20O4. The van der Waals surface area contributed by atoms with E-state index in [4.69, 9.17) is 14.2 Å². The molecule has 1 fully saturated rings. The first-order valence-electron chi connectivity index (χ1n) is 7.46. The van der Waals surface area contributed by atoms with Crippen LogP contribution in [0.4, 0.5) is 0 Å². The summed E-state index contributed by atoms with van der Waals surface area (Å²) in [5.41, 5.74) is 2.23. The first kappa shape index (κ1) is 14.9. The van der Waals surface area contributed by atoms with Gasteiger partial charge in [-0.2, -0.15) is 0 Å². The van der Waals surface area contributed by atoms with Gasteiger partial charge in [-0.3, -0.25) is 0 Å². The Kier molecular flexibility index (Phi) is 4.61. The third kappa shape index (κ3) is 4.23. The van der Waals surface area contributed by atoms with E-state index in [1.165, 1.54) is 0 Å². The summed E-state index contributed by atoms with van der Waals surface area (Å²) in [4.78, 5) is 0. The van der Waals surface area contributed by atoms with Gasteiger partial charge in [0.25, 0.3) is 0 Å². The monoisotopic (exact) mass is 300 g/mol. The second-order valence-corrected chi connectivity index (χ2v) is 5.48. The zero-order valence-corrected chi connectivity index (χ0v) is 12.6. The summed E-state index contributed by atoms with van der Waals surface area (Å²) in [7, 11) is 0. The second-order valence-electron chi connectivity index (χ2n) is 5.48. The minimum atomic E-state index is -0.465. The maximum Gasteiger partial charge on any atom is 0.119 e. The summed E-state index contributed by atoms with van der Waals surface area (Å²) in [5.74, 6) is 1.62. The molecule has 4 nitrogen and oxygen atoms in total. The lowest BCUT2D eigenvalue weighted by atomic mass is 10.1. The molecule has 0 amide bonds. The van der Waals surface area contributed by atoms with Gasteiger partial charge in [-0.25, -0.2) is 0 Å². The number of aliphatic hydroxyl groups is 1. The predicted octanol–water partition coefficient (Wildman–Crippen LogP) is 2.89. The molecule has 1 N–H and O–H groups in total. The molecule has 2 aromatic rings. The van der Waals surface area contributed by atoms with Crippen LogP contribution in [0.5, 0.6) is 11.5 Å². The van der Waals surface area contributed by atoms with E-state index in [1.807, 2.05) is 48.5 Å². The van der Waals surface area contributed by atoms with Crippen molar-refractivity contribution in [2.75, 3.05) is 19.8 Å². The van der Waals surface area contributed by atoms with Crippen molar-refractivity contribution in [3.63, 3.8) is 0 Å². The molecule has 1 aliphatic heterocycles. The normalized spacial score (nSPS) is 17.8. The van der Waals surface area contributed by atoms with Gasteiger partial charge >= 0.3 is 0 Å². The number of aliphatic hydroxyl groups excluding tert-OH is 1. The van der Waals surface area contributed by atoms with Crippen LogP contribution in [0, 0.1) is 0 Å². The van der Waals surface area contributed by atoms with Crippen molar-refractivity contribution in [3.05, 3.63) is 48.5 Å². The molecule has 0 radical (unpaired) electrons. The smallest absolute Gasteiger partial charge is 0.119 e. The van der Waals surface area contributed by atoms with Gasteiger partial charge in [0.15, 0.2) is 0 Å². The highest BCUT2D eigenvalue weighted by Crippen LogP contribution is 2.25. The van der Waals surface area contributed by atoms with E-state index in [2.05, 4.69) is 0 Å². The lowest BCUT2D eigenvalue weighted by molar-refractivity contribution is 0.123. The Morgan fingerprint density at radius 1 is 1.00 bits per heavy atom. The average molecular weight is 300 g/mol. The SMILES string of the molecule is CC(O)COc1ccc(-c2ccc(OCC3CO3)cc2)cc1. The van der Waals surface area contributed by atoms with E-state index < -0.39 is 6.10 Å². The second kappa shape index (κ2) is 6.81. The molecule has 3 rings (SSSR count). The van der Waals surface area contributed by atoms with Crippen LogP contribution in [-0.4, -0.2) is 37.1 Å². The summed E-state index contributed by atoms with van der Waals surface area (Å²) in [6.45, 7) is 3.43. The van der Waals surface area contributed by atoms with Crippen LogP contribution in [0.25, 0.3) is 11.1 Å². The lowest BCUT2D eigenvalue weighted by Gasteiger charge is -2.09. The number of epoxide rings is 1. The van der Waals surface area contributed by atoms with Crippen LogP contribution in [0.2, 0.25) is 0 Å². The molecule has 1 aliphatic rings. The molecule has 2 aromatic carbocycles. The summed E-state index contributed by atoms with van der Waals surface area (Å²) in [5, 5.41) is 9.21. The highest BCUT2D eigenvalue weighted by Gasteiger charge is 2.22. The molecule has 0 aromatic heterocycles. The van der Waals surface area contributed by atoms with Crippen molar-refractivity contribution in [2.45, 2.75) is 19.1 Å². The van der Waals surface area contributed by atoms with E-state index in [-0.39, 0.29) is 6.10 Å². The number of ether oxygens (including phenoxy) is 3. The van der Waals surface area contributed by atoms with Crippen LogP contribution in [0.15, 0.2) is 48.5 Å². The fraction of sp³-hybridized carbons (Fsp3) is 0.333. The Labute approximate surface area is 130 Å². The number of rotatable bonds is 7. The van der Waals surface area contributed by atoms with Gasteiger partial charge in [0, 0.05) is 0 Å². The van der Waals surface area contributed by atoms with E-state index >= 15 is 0 Å². The fourth-order valence-electron chi connectivity index (χ4n) is 2.06. The molecule has 4 heteroatoms. The molecule has 2 unspecified atom stereocenters. The Balaban J connectivity index is 1.60. The Morgan fingerprint density at radius 3 is 1.95 bits per heavy atom. The lowest BCUT2D eigenvalue weighted by Crippen LogP contribution is -2.12. The van der Waals surface area contributed by atoms with Gasteiger partial charge in [0.05, 0.1) is 12.7 Å². The quantitative estimate of drug-likeness (QED) is 0.799. The van der Waals surface area contributed by atoms with E-state index in [0.717, 1.165) is 29.2 Å². The van der Waals surface area contributed by atoms with Crippen molar-refractivity contribution in [1.82, 2.24) is 0 Å². The first-order valence-corrected chi connectivity index (χ1v) is 7.46. The Morgan fingerprint density at radius 2 is 1.50 bits per heavy atom. The van der Waals surface area contributed by atoms with Crippen molar-refractivity contribution in [1.29, 1.82) is 0 Å². The molecular weight excluding hydrogens is 280 g/mol. The highest BCUT2D eigenvalue weighted by atomic mass is 16.6. The van der Waals surface area contributed by atoms with Gasteiger partial charge in [-0.1, -0.05) is 24.3 Å². The molecule has 1 saturated heterocycles. The van der Waals surface area contributed by atoms with E-state index in [1.54, 1.807) is 6.92 Å². The van der Waals surface area contributed by atoms with E-state index in [0.29, 0.717) is 13.2 Å². The summed E-state index contributed by atoms with van der Waals surface area (Å²) in [6, 6.07) is 15.8. The van der Waals surface area contributed by atoms with Gasteiger partial charge in [-0.05, 0) is 42.3 Å². The fourth-order valence-corrected chi connectivity index (χ4v) is 2.06. The third-order valence-corrected chi connectivity index (χ3v) is 3.37. The highest BCUT2D eigenvalue weighted by molar-refractivity contribution is 5.64. The Hall–Kier alpha value is -2.04. The molecule has 2 atom stereocenters. The van der Waals surface area contributed by atoms with Gasteiger partial charge in [-0.15, -0.1) is 0 Å². The van der Waals surface area contributed by atoms with Crippen molar-refractivity contribution in [3.8, 4) is 22.6 Å². The summed E-state index contributed by atoms with van der Waals surface area (Å²) in [6.07, 6.45) is -0.192. The number of hydrogen-bond acceptors (Lipinski definition) is 4. The summed E-state index contributed by atoms with van der Waals surface area (Å²) < 4.78 is 16.2. The van der Waals surface area contributed by atoms with Gasteiger partial charge in [0.2, 0.25) is 0 Å². The minimum Gasteiger partial charge on any atom is -0.491 e. The zero-order valence-electron chi connectivity index (χ0n) is 12.6. The topological polar surface area (TPSA) is 51.2 Å². The molecule has 116 valence electrons. The maximum atomic E-state index is 9.21. The number of hydrogen-bond donors (Lipinski definition) is 1. The standard InChI is InChI=1S/C18H20O4/c1-13(19)10-20-16-6-2-14(3-7-16)15-4-8-17(9-5-15)21-11-18-12-22-18/h2-9,13,18-19H,10-12H2,1H3. The molecule has 0 bridgehead atoms. The van der Waals surface area contributed by atoms with Crippen LogP contribution in [-0.2, 0) is 4.74 Å². The van der Waals surface area contributed by atoms with Gasteiger partial charge in [0.1, 0.15) is 30.8 Å². The molecule has 22 heavy (non-hydrogen) atoms. The average Bonchev–Trinajstić information content (AvgIpc) is 3.36. The zero-order chi connectivity index (χ0) is 15.4. The molecule has 0 saturated carbocycles. The molecule has 1 heterocycles. The van der Waals surface area contributed by atoms with Crippen LogP contribution < -0.4 is 9.47 Å². The molecule has 0 spiro atoms. The van der Waals surface area contributed by atoms with Crippen LogP contribution in [0.1, 0.15) is 6.92 Å². The van der Waals surface area contributed by atoms with Crippen molar-refractivity contribution < 1.29 is 19.3 Å². The van der Waals surface area contributed by atoms with E-state index in [9.17, 15) is 5.11 Å². The van der Waals surface area contributed by atoms with Crippen molar-refractivity contribution >= 4 is 0 Å². The molecule has 0 aliphatic carbocycles. The van der Waals surface area contributed by atoms with Crippen LogP contribution >= 0.6 is 0 Å². The number of benzene rings is 2. The van der Waals surface area contributed by atoms with Crippen molar-refractivity contribution in [2.24, 2.45) is 0 Å². The predicted molar refractivity (Wildman–Crippen MR) is 84.3 cm³/mol. The van der Waals surface area contributed by atoms with Gasteiger partial charge < -0.3 is 19.3 Å².